The first-order valence-electron chi connectivity index (χ1n) is 9.31. The highest BCUT2D eigenvalue weighted by Gasteiger charge is 2.37. The van der Waals surface area contributed by atoms with E-state index in [0.717, 1.165) is 57.2 Å². The Morgan fingerprint density at radius 1 is 1.17 bits per heavy atom. The van der Waals surface area contributed by atoms with Gasteiger partial charge in [0.15, 0.2) is 0 Å². The number of piperidine rings is 1. The van der Waals surface area contributed by atoms with Crippen LogP contribution in [0.2, 0.25) is 0 Å². The predicted octanol–water partition coefficient (Wildman–Crippen LogP) is 3.09. The molecule has 2 fully saturated rings. The zero-order valence-electron chi connectivity index (χ0n) is 14.6. The van der Waals surface area contributed by atoms with Crippen LogP contribution in [0.15, 0.2) is 30.3 Å². The maximum Gasteiger partial charge on any atom is 0.308 e. The standard InChI is InChI=1S/C20H29NO3/c1-2-24-19(22)16-8-10-18(11-9-16)21-14-12-20(23,13-15-21)17-6-4-3-5-7-17/h3-7,16,18,23H,2,8-15H2,1H3. The zero-order valence-corrected chi connectivity index (χ0v) is 14.6. The fraction of sp³-hybridized carbons (Fsp3) is 0.650. The molecule has 1 aliphatic carbocycles. The number of ether oxygens (including phenoxy) is 1. The molecule has 4 nitrogen and oxygen atoms in total. The van der Waals surface area contributed by atoms with Gasteiger partial charge in [-0.25, -0.2) is 0 Å². The Morgan fingerprint density at radius 2 is 1.79 bits per heavy atom. The summed E-state index contributed by atoms with van der Waals surface area (Å²) in [6, 6.07) is 10.6. The van der Waals surface area contributed by atoms with Crippen LogP contribution in [0, 0.1) is 5.92 Å². The van der Waals surface area contributed by atoms with Crippen LogP contribution in [0.4, 0.5) is 0 Å². The van der Waals surface area contributed by atoms with Crippen LogP contribution in [0.25, 0.3) is 0 Å². The molecule has 24 heavy (non-hydrogen) atoms. The van der Waals surface area contributed by atoms with Gasteiger partial charge in [0.25, 0.3) is 0 Å². The van der Waals surface area contributed by atoms with E-state index in [1.807, 2.05) is 37.3 Å². The number of rotatable bonds is 4. The molecule has 0 unspecified atom stereocenters. The van der Waals surface area contributed by atoms with Gasteiger partial charge in [-0.1, -0.05) is 30.3 Å². The van der Waals surface area contributed by atoms with E-state index in [1.54, 1.807) is 0 Å². The molecule has 1 aromatic rings. The van der Waals surface area contributed by atoms with Gasteiger partial charge in [0.1, 0.15) is 0 Å². The number of hydrogen-bond donors (Lipinski definition) is 1. The van der Waals surface area contributed by atoms with Crippen molar-refractivity contribution in [2.75, 3.05) is 19.7 Å². The Bertz CT molecular complexity index is 529. The SMILES string of the molecule is CCOC(=O)C1CCC(N2CCC(O)(c3ccccc3)CC2)CC1. The second kappa shape index (κ2) is 7.66. The average Bonchev–Trinajstić information content (AvgIpc) is 2.63. The first-order chi connectivity index (χ1) is 11.6. The Balaban J connectivity index is 1.50. The third-order valence-electron chi connectivity index (χ3n) is 5.77. The third-order valence-corrected chi connectivity index (χ3v) is 5.77. The summed E-state index contributed by atoms with van der Waals surface area (Å²) in [6.45, 7) is 4.20. The van der Waals surface area contributed by atoms with Crippen molar-refractivity contribution < 1.29 is 14.6 Å². The summed E-state index contributed by atoms with van der Waals surface area (Å²) in [6.07, 6.45) is 5.57. The number of nitrogens with zero attached hydrogens (tertiary/aromatic N) is 1. The number of carbonyl (C=O) groups is 1. The fourth-order valence-corrected chi connectivity index (χ4v) is 4.23. The summed E-state index contributed by atoms with van der Waals surface area (Å²) < 4.78 is 5.15. The molecule has 0 amide bonds. The van der Waals surface area contributed by atoms with Crippen molar-refractivity contribution in [3.05, 3.63) is 35.9 Å². The van der Waals surface area contributed by atoms with Crippen LogP contribution in [0.5, 0.6) is 0 Å². The molecule has 2 aliphatic rings. The molecule has 1 aliphatic heterocycles. The molecule has 1 aromatic carbocycles. The van der Waals surface area contributed by atoms with E-state index in [4.69, 9.17) is 4.74 Å². The second-order valence-electron chi connectivity index (χ2n) is 7.19. The van der Waals surface area contributed by atoms with Gasteiger partial charge in [0.2, 0.25) is 0 Å². The zero-order chi connectivity index (χ0) is 17.0. The lowest BCUT2D eigenvalue weighted by Gasteiger charge is -2.43. The molecule has 1 N–H and O–H groups in total. The topological polar surface area (TPSA) is 49.8 Å². The minimum Gasteiger partial charge on any atom is -0.466 e. The van der Waals surface area contributed by atoms with Crippen LogP contribution in [0.3, 0.4) is 0 Å². The van der Waals surface area contributed by atoms with Crippen molar-refractivity contribution in [3.8, 4) is 0 Å². The molecular weight excluding hydrogens is 302 g/mol. The van der Waals surface area contributed by atoms with Gasteiger partial charge in [-0.2, -0.15) is 0 Å². The molecule has 132 valence electrons. The smallest absolute Gasteiger partial charge is 0.308 e. The van der Waals surface area contributed by atoms with E-state index in [9.17, 15) is 9.90 Å². The molecule has 0 radical (unpaired) electrons. The molecule has 0 atom stereocenters. The number of esters is 1. The molecule has 1 heterocycles. The highest BCUT2D eigenvalue weighted by molar-refractivity contribution is 5.72. The number of benzene rings is 1. The normalized spacial score (nSPS) is 27.6. The van der Waals surface area contributed by atoms with Crippen LogP contribution in [-0.4, -0.2) is 41.7 Å². The molecule has 0 spiro atoms. The van der Waals surface area contributed by atoms with Gasteiger partial charge in [-0.15, -0.1) is 0 Å². The van der Waals surface area contributed by atoms with Gasteiger partial charge in [0.05, 0.1) is 18.1 Å². The molecule has 1 saturated heterocycles. The highest BCUT2D eigenvalue weighted by atomic mass is 16.5. The monoisotopic (exact) mass is 331 g/mol. The van der Waals surface area contributed by atoms with Crippen LogP contribution in [0.1, 0.15) is 51.0 Å². The van der Waals surface area contributed by atoms with E-state index in [2.05, 4.69) is 4.90 Å². The number of likely N-dealkylation sites (tertiary alicyclic amines) is 1. The lowest BCUT2D eigenvalue weighted by molar-refractivity contribution is -0.149. The third kappa shape index (κ3) is 3.81. The Labute approximate surface area is 144 Å². The summed E-state index contributed by atoms with van der Waals surface area (Å²) in [7, 11) is 0. The molecule has 3 rings (SSSR count). The van der Waals surface area contributed by atoms with Gasteiger partial charge in [0, 0.05) is 19.1 Å². The van der Waals surface area contributed by atoms with Gasteiger partial charge < -0.3 is 14.7 Å². The number of aliphatic hydroxyl groups is 1. The summed E-state index contributed by atoms with van der Waals surface area (Å²) in [5, 5.41) is 10.9. The Hall–Kier alpha value is -1.39. The highest BCUT2D eigenvalue weighted by Crippen LogP contribution is 2.36. The van der Waals surface area contributed by atoms with Gasteiger partial charge in [-0.05, 0) is 51.0 Å². The predicted molar refractivity (Wildman–Crippen MR) is 93.5 cm³/mol. The van der Waals surface area contributed by atoms with E-state index >= 15 is 0 Å². The maximum absolute atomic E-state index is 11.9. The van der Waals surface area contributed by atoms with Crippen LogP contribution in [-0.2, 0) is 15.1 Å². The molecule has 0 aromatic heterocycles. The van der Waals surface area contributed by atoms with Crippen molar-refractivity contribution in [2.45, 2.75) is 57.1 Å². The summed E-state index contributed by atoms with van der Waals surface area (Å²) in [4.78, 5) is 14.4. The van der Waals surface area contributed by atoms with E-state index in [1.165, 1.54) is 0 Å². The molecule has 1 saturated carbocycles. The van der Waals surface area contributed by atoms with Crippen molar-refractivity contribution in [1.82, 2.24) is 4.90 Å². The fourth-order valence-electron chi connectivity index (χ4n) is 4.23. The summed E-state index contributed by atoms with van der Waals surface area (Å²) in [5.41, 5.74) is 0.357. The van der Waals surface area contributed by atoms with Gasteiger partial charge >= 0.3 is 5.97 Å². The minimum atomic E-state index is -0.681. The van der Waals surface area contributed by atoms with Crippen molar-refractivity contribution in [3.63, 3.8) is 0 Å². The minimum absolute atomic E-state index is 0.0203. The lowest BCUT2D eigenvalue weighted by atomic mass is 9.81. The largest absolute Gasteiger partial charge is 0.466 e. The van der Waals surface area contributed by atoms with Crippen molar-refractivity contribution in [2.24, 2.45) is 5.92 Å². The Morgan fingerprint density at radius 3 is 2.38 bits per heavy atom. The van der Waals surface area contributed by atoms with E-state index in [-0.39, 0.29) is 11.9 Å². The van der Waals surface area contributed by atoms with Crippen LogP contribution < -0.4 is 0 Å². The summed E-state index contributed by atoms with van der Waals surface area (Å²) >= 11 is 0. The second-order valence-corrected chi connectivity index (χ2v) is 7.19. The van der Waals surface area contributed by atoms with Crippen molar-refractivity contribution >= 4 is 5.97 Å². The van der Waals surface area contributed by atoms with Gasteiger partial charge in [-0.3, -0.25) is 4.79 Å². The maximum atomic E-state index is 11.9. The quantitative estimate of drug-likeness (QED) is 0.862. The number of hydrogen-bond acceptors (Lipinski definition) is 4. The molecule has 0 bridgehead atoms. The lowest BCUT2D eigenvalue weighted by Crippen LogP contribution is -2.48. The van der Waals surface area contributed by atoms with E-state index in [0.29, 0.717) is 12.6 Å². The van der Waals surface area contributed by atoms with Crippen LogP contribution >= 0.6 is 0 Å². The first kappa shape index (κ1) is 17.4. The Kier molecular flexibility index (Phi) is 5.57. The number of carbonyl (C=O) groups excluding carboxylic acids is 1. The molecular formula is C20H29NO3. The average molecular weight is 331 g/mol. The molecule has 4 heteroatoms. The van der Waals surface area contributed by atoms with E-state index < -0.39 is 5.60 Å². The van der Waals surface area contributed by atoms with Crippen molar-refractivity contribution in [1.29, 1.82) is 0 Å². The summed E-state index contributed by atoms with van der Waals surface area (Å²) in [5.74, 6) is 0.0697. The first-order valence-corrected chi connectivity index (χ1v) is 9.31.